The second kappa shape index (κ2) is 9.26. The predicted molar refractivity (Wildman–Crippen MR) is 112 cm³/mol. The lowest BCUT2D eigenvalue weighted by Gasteiger charge is -2.42. The van der Waals surface area contributed by atoms with Crippen LogP contribution in [-0.4, -0.2) is 0 Å². The highest BCUT2D eigenvalue weighted by atomic mass is 19.2. The van der Waals surface area contributed by atoms with Gasteiger partial charge in [0.2, 0.25) is 0 Å². The lowest BCUT2D eigenvalue weighted by molar-refractivity contribution is 0.108. The van der Waals surface area contributed by atoms with E-state index >= 15 is 0 Å². The van der Waals surface area contributed by atoms with E-state index in [4.69, 9.17) is 0 Å². The minimum absolute atomic E-state index is 0.432. The first-order valence-electron chi connectivity index (χ1n) is 12.1. The van der Waals surface area contributed by atoms with E-state index in [0.717, 1.165) is 41.6 Å². The maximum atomic E-state index is 13.6. The molecule has 0 saturated heterocycles. The van der Waals surface area contributed by atoms with Crippen LogP contribution in [0.3, 0.4) is 0 Å². The average Bonchev–Trinajstić information content (AvgIpc) is 2.74. The maximum Gasteiger partial charge on any atom is 0.159 e. The summed E-state index contributed by atoms with van der Waals surface area (Å²) in [5.41, 5.74) is 1.02. The second-order valence-electron chi connectivity index (χ2n) is 10.3. The lowest BCUT2D eigenvalue weighted by atomic mass is 9.63. The molecule has 2 heteroatoms. The molecule has 3 aliphatic rings. The Morgan fingerprint density at radius 2 is 1.36 bits per heavy atom. The van der Waals surface area contributed by atoms with Crippen molar-refractivity contribution in [1.29, 1.82) is 0 Å². The van der Waals surface area contributed by atoms with E-state index in [0.29, 0.717) is 5.92 Å². The minimum atomic E-state index is -0.721. The Morgan fingerprint density at radius 3 is 2.11 bits per heavy atom. The predicted octanol–water partition coefficient (Wildman–Crippen LogP) is 8.26. The topological polar surface area (TPSA) is 0 Å². The van der Waals surface area contributed by atoms with Crippen LogP contribution in [0.1, 0.15) is 102 Å². The van der Waals surface area contributed by atoms with Gasteiger partial charge in [0.1, 0.15) is 0 Å². The number of hydrogen-bond donors (Lipinski definition) is 0. The van der Waals surface area contributed by atoms with Crippen LogP contribution in [0.15, 0.2) is 18.2 Å². The Hall–Kier alpha value is -0.920. The summed E-state index contributed by atoms with van der Waals surface area (Å²) in [6.45, 7) is 2.35. The summed E-state index contributed by atoms with van der Waals surface area (Å²) in [5.74, 6) is 3.68. The molecule has 0 nitrogen and oxygen atoms in total. The van der Waals surface area contributed by atoms with Crippen molar-refractivity contribution in [3.05, 3.63) is 35.4 Å². The first-order valence-corrected chi connectivity index (χ1v) is 12.1. The molecule has 1 aromatic rings. The van der Waals surface area contributed by atoms with Gasteiger partial charge in [-0.1, -0.05) is 64.4 Å². The fourth-order valence-corrected chi connectivity index (χ4v) is 6.72. The van der Waals surface area contributed by atoms with E-state index in [1.807, 2.05) is 6.07 Å². The standard InChI is InChI=1S/C26H38F2/c1-2-18-3-5-19(6-4-18)7-8-20-9-10-22-16-23(12-11-21(22)15-20)24-13-14-25(27)26(28)17-24/h13-14,17-23H,2-12,15-16H2,1H3. The van der Waals surface area contributed by atoms with Crippen molar-refractivity contribution in [3.63, 3.8) is 0 Å². The number of fused-ring (bicyclic) bond motifs is 1. The normalized spacial score (nSPS) is 36.1. The molecule has 4 rings (SSSR count). The van der Waals surface area contributed by atoms with E-state index < -0.39 is 11.6 Å². The smallest absolute Gasteiger partial charge is 0.159 e. The summed E-state index contributed by atoms with van der Waals surface area (Å²) in [6.07, 6.45) is 18.0. The molecule has 3 saturated carbocycles. The van der Waals surface area contributed by atoms with Crippen molar-refractivity contribution in [1.82, 2.24) is 0 Å². The Balaban J connectivity index is 1.23. The molecule has 3 aliphatic carbocycles. The van der Waals surface area contributed by atoms with Crippen LogP contribution in [0.4, 0.5) is 8.78 Å². The first kappa shape index (κ1) is 20.4. The van der Waals surface area contributed by atoms with Gasteiger partial charge >= 0.3 is 0 Å². The molecule has 0 heterocycles. The van der Waals surface area contributed by atoms with E-state index in [1.54, 1.807) is 0 Å². The third-order valence-corrected chi connectivity index (χ3v) is 8.66. The van der Waals surface area contributed by atoms with E-state index in [1.165, 1.54) is 89.2 Å². The lowest BCUT2D eigenvalue weighted by Crippen LogP contribution is -2.30. The van der Waals surface area contributed by atoms with Crippen molar-refractivity contribution < 1.29 is 8.78 Å². The van der Waals surface area contributed by atoms with Gasteiger partial charge in [-0.05, 0) is 85.3 Å². The summed E-state index contributed by atoms with van der Waals surface area (Å²) in [5, 5.41) is 0. The van der Waals surface area contributed by atoms with Gasteiger partial charge in [0, 0.05) is 0 Å². The van der Waals surface area contributed by atoms with Gasteiger partial charge in [0.15, 0.2) is 11.6 Å². The molecule has 0 N–H and O–H groups in total. The minimum Gasteiger partial charge on any atom is -0.204 e. The molecule has 0 aliphatic heterocycles. The van der Waals surface area contributed by atoms with Gasteiger partial charge in [-0.2, -0.15) is 0 Å². The van der Waals surface area contributed by atoms with Crippen molar-refractivity contribution in [2.45, 2.75) is 96.3 Å². The molecule has 4 unspecified atom stereocenters. The molecule has 0 spiro atoms. The largest absolute Gasteiger partial charge is 0.204 e. The molecule has 3 fully saturated rings. The van der Waals surface area contributed by atoms with Crippen LogP contribution in [0.25, 0.3) is 0 Å². The fourth-order valence-electron chi connectivity index (χ4n) is 6.72. The van der Waals surface area contributed by atoms with Crippen molar-refractivity contribution in [3.8, 4) is 0 Å². The van der Waals surface area contributed by atoms with Crippen molar-refractivity contribution in [2.24, 2.45) is 29.6 Å². The van der Waals surface area contributed by atoms with Gasteiger partial charge in [-0.25, -0.2) is 8.78 Å². The van der Waals surface area contributed by atoms with Crippen LogP contribution in [-0.2, 0) is 0 Å². The van der Waals surface area contributed by atoms with Gasteiger partial charge in [-0.15, -0.1) is 0 Å². The molecule has 1 aromatic carbocycles. The van der Waals surface area contributed by atoms with Gasteiger partial charge < -0.3 is 0 Å². The van der Waals surface area contributed by atoms with E-state index in [-0.39, 0.29) is 0 Å². The van der Waals surface area contributed by atoms with E-state index in [2.05, 4.69) is 6.92 Å². The molecule has 156 valence electrons. The van der Waals surface area contributed by atoms with Crippen LogP contribution in [0, 0.1) is 41.2 Å². The Kier molecular flexibility index (Phi) is 6.74. The summed E-state index contributed by atoms with van der Waals surface area (Å²) in [6, 6.07) is 4.56. The molecule has 0 radical (unpaired) electrons. The van der Waals surface area contributed by atoms with Crippen LogP contribution in [0.2, 0.25) is 0 Å². The van der Waals surface area contributed by atoms with Crippen molar-refractivity contribution in [2.75, 3.05) is 0 Å². The highest BCUT2D eigenvalue weighted by Crippen LogP contribution is 2.49. The van der Waals surface area contributed by atoms with Gasteiger partial charge in [-0.3, -0.25) is 0 Å². The summed E-state index contributed by atoms with van der Waals surface area (Å²) in [7, 11) is 0. The maximum absolute atomic E-state index is 13.6. The molecule has 0 aromatic heterocycles. The van der Waals surface area contributed by atoms with Gasteiger partial charge in [0.25, 0.3) is 0 Å². The molecule has 0 amide bonds. The highest BCUT2D eigenvalue weighted by molar-refractivity contribution is 5.22. The van der Waals surface area contributed by atoms with Crippen LogP contribution < -0.4 is 0 Å². The highest BCUT2D eigenvalue weighted by Gasteiger charge is 2.36. The van der Waals surface area contributed by atoms with Crippen LogP contribution in [0.5, 0.6) is 0 Å². The average molecular weight is 389 g/mol. The zero-order valence-electron chi connectivity index (χ0n) is 17.6. The zero-order chi connectivity index (χ0) is 19.5. The van der Waals surface area contributed by atoms with Crippen molar-refractivity contribution >= 4 is 0 Å². The Morgan fingerprint density at radius 1 is 0.714 bits per heavy atom. The molecule has 0 bridgehead atoms. The monoisotopic (exact) mass is 388 g/mol. The second-order valence-corrected chi connectivity index (χ2v) is 10.3. The first-order chi connectivity index (χ1) is 13.6. The molecule has 28 heavy (non-hydrogen) atoms. The number of rotatable bonds is 5. The summed E-state index contributed by atoms with van der Waals surface area (Å²) < 4.78 is 26.9. The molecular weight excluding hydrogens is 350 g/mol. The third-order valence-electron chi connectivity index (χ3n) is 8.66. The third kappa shape index (κ3) is 4.79. The van der Waals surface area contributed by atoms with Gasteiger partial charge in [0.05, 0.1) is 0 Å². The Labute approximate surface area is 170 Å². The summed E-state index contributed by atoms with van der Waals surface area (Å²) in [4.78, 5) is 0. The number of hydrogen-bond acceptors (Lipinski definition) is 0. The van der Waals surface area contributed by atoms with E-state index in [9.17, 15) is 8.78 Å². The molecular formula is C26H38F2. The quantitative estimate of drug-likeness (QED) is 0.476. The molecule has 4 atom stereocenters. The Bertz CT molecular complexity index is 631. The number of halogens is 2. The SMILES string of the molecule is CCC1CCC(CCC2CCC3CC(c4ccc(F)c(F)c4)CCC3C2)CC1. The number of benzene rings is 1. The zero-order valence-corrected chi connectivity index (χ0v) is 17.6. The summed E-state index contributed by atoms with van der Waals surface area (Å²) >= 11 is 0. The fraction of sp³-hybridized carbons (Fsp3) is 0.769. The van der Waals surface area contributed by atoms with Crippen LogP contribution >= 0.6 is 0 Å².